The molecule has 0 spiro atoms. The first-order valence-corrected chi connectivity index (χ1v) is 6.98. The Balaban J connectivity index is 1.74. The first-order valence-electron chi connectivity index (χ1n) is 6.98. The maximum atomic E-state index is 12.4. The molecule has 0 bridgehead atoms. The molecule has 0 atom stereocenters. The van der Waals surface area contributed by atoms with Gasteiger partial charge in [-0.05, 0) is 18.2 Å². The SMILES string of the molecule is O=C(Nc1c2c(cc3c1OCC3)OCC2)c1cccnc1. The molecule has 0 unspecified atom stereocenters. The summed E-state index contributed by atoms with van der Waals surface area (Å²) in [6.07, 6.45) is 4.83. The van der Waals surface area contributed by atoms with Gasteiger partial charge in [-0.2, -0.15) is 0 Å². The van der Waals surface area contributed by atoms with Crippen LogP contribution < -0.4 is 14.8 Å². The molecule has 0 aliphatic carbocycles. The second-order valence-corrected chi connectivity index (χ2v) is 5.11. The van der Waals surface area contributed by atoms with E-state index < -0.39 is 0 Å². The van der Waals surface area contributed by atoms with Gasteiger partial charge in [0.2, 0.25) is 0 Å². The van der Waals surface area contributed by atoms with Gasteiger partial charge in [0.15, 0.2) is 0 Å². The molecule has 2 aliphatic rings. The lowest BCUT2D eigenvalue weighted by atomic mass is 10.0. The van der Waals surface area contributed by atoms with Gasteiger partial charge in [-0.3, -0.25) is 9.78 Å². The van der Waals surface area contributed by atoms with Crippen LogP contribution in [0.3, 0.4) is 0 Å². The monoisotopic (exact) mass is 282 g/mol. The minimum atomic E-state index is -0.180. The summed E-state index contributed by atoms with van der Waals surface area (Å²) in [5.41, 5.74) is 3.40. The third-order valence-corrected chi connectivity index (χ3v) is 3.81. The van der Waals surface area contributed by atoms with Gasteiger partial charge in [-0.15, -0.1) is 0 Å². The zero-order valence-corrected chi connectivity index (χ0v) is 11.4. The third-order valence-electron chi connectivity index (χ3n) is 3.81. The Hall–Kier alpha value is -2.56. The minimum absolute atomic E-state index is 0.180. The van der Waals surface area contributed by atoms with Crippen LogP contribution >= 0.6 is 0 Å². The standard InChI is InChI=1S/C16H14N2O3/c19-16(11-2-1-5-17-9-11)18-14-12-4-7-20-13(12)8-10-3-6-21-15(10)14/h1-2,5,8-9H,3-4,6-7H2,(H,18,19). The van der Waals surface area contributed by atoms with Gasteiger partial charge >= 0.3 is 0 Å². The Labute approximate surface area is 121 Å². The highest BCUT2D eigenvalue weighted by Crippen LogP contribution is 2.44. The Morgan fingerprint density at radius 3 is 3.00 bits per heavy atom. The first-order chi connectivity index (χ1) is 10.3. The summed E-state index contributed by atoms with van der Waals surface area (Å²) in [5.74, 6) is 1.47. The second-order valence-electron chi connectivity index (χ2n) is 5.11. The van der Waals surface area contributed by atoms with E-state index in [1.807, 2.05) is 6.07 Å². The lowest BCUT2D eigenvalue weighted by molar-refractivity contribution is 0.102. The van der Waals surface area contributed by atoms with Crippen molar-refractivity contribution in [2.24, 2.45) is 0 Å². The van der Waals surface area contributed by atoms with Gasteiger partial charge in [0.1, 0.15) is 11.5 Å². The molecule has 0 saturated heterocycles. The van der Waals surface area contributed by atoms with E-state index in [0.29, 0.717) is 18.8 Å². The van der Waals surface area contributed by atoms with E-state index in [2.05, 4.69) is 10.3 Å². The highest BCUT2D eigenvalue weighted by atomic mass is 16.5. The molecule has 0 fully saturated rings. The quantitative estimate of drug-likeness (QED) is 0.917. The van der Waals surface area contributed by atoms with Crippen LogP contribution in [0, 0.1) is 0 Å². The predicted octanol–water partition coefficient (Wildman–Crippen LogP) is 2.20. The maximum absolute atomic E-state index is 12.4. The molecule has 3 heterocycles. The summed E-state index contributed by atoms with van der Waals surface area (Å²) in [4.78, 5) is 16.3. The third kappa shape index (κ3) is 2.01. The Kier molecular flexibility index (Phi) is 2.77. The molecule has 21 heavy (non-hydrogen) atoms. The molecule has 2 aliphatic heterocycles. The average molecular weight is 282 g/mol. The van der Waals surface area contributed by atoms with Crippen LogP contribution in [0.4, 0.5) is 5.69 Å². The Bertz CT molecular complexity index is 681. The fourth-order valence-corrected chi connectivity index (χ4v) is 2.80. The van der Waals surface area contributed by atoms with Crippen LogP contribution in [-0.2, 0) is 12.8 Å². The molecule has 1 N–H and O–H groups in total. The number of carbonyl (C=O) groups is 1. The van der Waals surface area contributed by atoms with Crippen molar-refractivity contribution in [1.29, 1.82) is 0 Å². The number of ether oxygens (including phenoxy) is 2. The van der Waals surface area contributed by atoms with Crippen molar-refractivity contribution < 1.29 is 14.3 Å². The summed E-state index contributed by atoms with van der Waals surface area (Å²) in [6.45, 7) is 1.29. The zero-order valence-electron chi connectivity index (χ0n) is 11.4. The van der Waals surface area contributed by atoms with E-state index in [1.165, 1.54) is 0 Å². The van der Waals surface area contributed by atoms with Crippen molar-refractivity contribution in [2.75, 3.05) is 18.5 Å². The molecule has 4 rings (SSSR count). The van der Waals surface area contributed by atoms with Crippen molar-refractivity contribution in [3.8, 4) is 11.5 Å². The van der Waals surface area contributed by atoms with Gasteiger partial charge in [-0.1, -0.05) is 0 Å². The number of benzene rings is 1. The fourth-order valence-electron chi connectivity index (χ4n) is 2.80. The molecule has 5 heteroatoms. The number of carbonyl (C=O) groups excluding carboxylic acids is 1. The van der Waals surface area contributed by atoms with Gasteiger partial charge in [-0.25, -0.2) is 0 Å². The Morgan fingerprint density at radius 1 is 1.24 bits per heavy atom. The summed E-state index contributed by atoms with van der Waals surface area (Å²) >= 11 is 0. The smallest absolute Gasteiger partial charge is 0.257 e. The zero-order chi connectivity index (χ0) is 14.2. The first kappa shape index (κ1) is 12.2. The van der Waals surface area contributed by atoms with Gasteiger partial charge < -0.3 is 14.8 Å². The normalized spacial score (nSPS) is 14.9. The molecular formula is C16H14N2O3. The van der Waals surface area contributed by atoms with E-state index in [1.54, 1.807) is 24.5 Å². The largest absolute Gasteiger partial charge is 0.493 e. The molecular weight excluding hydrogens is 268 g/mol. The number of hydrogen-bond acceptors (Lipinski definition) is 4. The summed E-state index contributed by atoms with van der Waals surface area (Å²) in [5, 5.41) is 2.98. The number of aromatic nitrogens is 1. The summed E-state index contributed by atoms with van der Waals surface area (Å²) in [7, 11) is 0. The average Bonchev–Trinajstić information content (AvgIpc) is 3.16. The van der Waals surface area contributed by atoms with Gasteiger partial charge in [0.25, 0.3) is 5.91 Å². The number of amides is 1. The van der Waals surface area contributed by atoms with Gasteiger partial charge in [0, 0.05) is 36.4 Å². The molecule has 1 aromatic heterocycles. The number of rotatable bonds is 2. The minimum Gasteiger partial charge on any atom is -0.493 e. The number of pyridine rings is 1. The van der Waals surface area contributed by atoms with Gasteiger partial charge in [0.05, 0.1) is 24.5 Å². The lowest BCUT2D eigenvalue weighted by Gasteiger charge is -2.13. The van der Waals surface area contributed by atoms with Crippen molar-refractivity contribution in [2.45, 2.75) is 12.8 Å². The fraction of sp³-hybridized carbons (Fsp3) is 0.250. The van der Waals surface area contributed by atoms with E-state index in [-0.39, 0.29) is 5.91 Å². The molecule has 1 aromatic carbocycles. The topological polar surface area (TPSA) is 60.5 Å². The van der Waals surface area contributed by atoms with Crippen LogP contribution in [0.2, 0.25) is 0 Å². The van der Waals surface area contributed by atoms with E-state index in [9.17, 15) is 4.79 Å². The number of nitrogens with one attached hydrogen (secondary N) is 1. The number of anilines is 1. The number of nitrogens with zero attached hydrogens (tertiary/aromatic N) is 1. The Morgan fingerprint density at radius 2 is 2.14 bits per heavy atom. The van der Waals surface area contributed by atoms with Crippen LogP contribution in [0.5, 0.6) is 11.5 Å². The lowest BCUT2D eigenvalue weighted by Crippen LogP contribution is -2.14. The molecule has 1 amide bonds. The second kappa shape index (κ2) is 4.77. The maximum Gasteiger partial charge on any atom is 0.257 e. The van der Waals surface area contributed by atoms with Crippen molar-refractivity contribution in [1.82, 2.24) is 4.98 Å². The summed E-state index contributed by atoms with van der Waals surface area (Å²) in [6, 6.07) is 5.52. The van der Waals surface area contributed by atoms with Crippen molar-refractivity contribution in [3.05, 3.63) is 47.3 Å². The number of hydrogen-bond donors (Lipinski definition) is 1. The van der Waals surface area contributed by atoms with E-state index in [0.717, 1.165) is 41.2 Å². The van der Waals surface area contributed by atoms with Crippen molar-refractivity contribution in [3.63, 3.8) is 0 Å². The van der Waals surface area contributed by atoms with Crippen LogP contribution in [0.1, 0.15) is 21.5 Å². The van der Waals surface area contributed by atoms with Crippen molar-refractivity contribution >= 4 is 11.6 Å². The molecule has 0 saturated carbocycles. The van der Waals surface area contributed by atoms with Crippen LogP contribution in [-0.4, -0.2) is 24.1 Å². The number of fused-ring (bicyclic) bond motifs is 2. The summed E-state index contributed by atoms with van der Waals surface area (Å²) < 4.78 is 11.3. The molecule has 0 radical (unpaired) electrons. The van der Waals surface area contributed by atoms with E-state index in [4.69, 9.17) is 9.47 Å². The molecule has 5 nitrogen and oxygen atoms in total. The molecule has 106 valence electrons. The van der Waals surface area contributed by atoms with Crippen LogP contribution in [0.15, 0.2) is 30.6 Å². The predicted molar refractivity (Wildman–Crippen MR) is 77.0 cm³/mol. The molecule has 2 aromatic rings. The highest BCUT2D eigenvalue weighted by Gasteiger charge is 2.27. The van der Waals surface area contributed by atoms with Crippen LogP contribution in [0.25, 0.3) is 0 Å². The highest BCUT2D eigenvalue weighted by molar-refractivity contribution is 6.05. The van der Waals surface area contributed by atoms with E-state index >= 15 is 0 Å².